The van der Waals surface area contributed by atoms with Crippen LogP contribution in [0.5, 0.6) is 0 Å². The highest BCUT2D eigenvalue weighted by atomic mass is 35.5. The fourth-order valence-corrected chi connectivity index (χ4v) is 4.08. The SMILES string of the molecule is O=C1CCCN(S(=O)(=O)Nc2cc(F)c(F)c(Nc3ccccc3Cl)c2)C1. The average Bonchev–Trinajstić information content (AvgIpc) is 2.61. The highest BCUT2D eigenvalue weighted by Gasteiger charge is 2.28. The molecule has 2 N–H and O–H groups in total. The van der Waals surface area contributed by atoms with Gasteiger partial charge in [-0.15, -0.1) is 0 Å². The Bertz CT molecular complexity index is 985. The monoisotopic (exact) mass is 415 g/mol. The van der Waals surface area contributed by atoms with Crippen molar-refractivity contribution >= 4 is 44.7 Å². The van der Waals surface area contributed by atoms with E-state index >= 15 is 0 Å². The van der Waals surface area contributed by atoms with Gasteiger partial charge in [-0.05, 0) is 24.6 Å². The number of nitrogens with one attached hydrogen (secondary N) is 2. The summed E-state index contributed by atoms with van der Waals surface area (Å²) in [5, 5.41) is 2.93. The van der Waals surface area contributed by atoms with Crippen LogP contribution in [0, 0.1) is 11.6 Å². The van der Waals surface area contributed by atoms with Gasteiger partial charge in [0.25, 0.3) is 0 Å². The number of rotatable bonds is 5. The summed E-state index contributed by atoms with van der Waals surface area (Å²) in [6, 6.07) is 8.31. The van der Waals surface area contributed by atoms with Gasteiger partial charge in [0.15, 0.2) is 11.6 Å². The lowest BCUT2D eigenvalue weighted by Crippen LogP contribution is -2.43. The van der Waals surface area contributed by atoms with Gasteiger partial charge in [-0.2, -0.15) is 12.7 Å². The smallest absolute Gasteiger partial charge is 0.302 e. The summed E-state index contributed by atoms with van der Waals surface area (Å²) in [5.74, 6) is -2.61. The predicted octanol–water partition coefficient (Wildman–Crippen LogP) is 3.68. The molecule has 1 saturated heterocycles. The summed E-state index contributed by atoms with van der Waals surface area (Å²) in [6.45, 7) is -0.0702. The van der Waals surface area contributed by atoms with Crippen LogP contribution in [0.4, 0.5) is 25.8 Å². The lowest BCUT2D eigenvalue weighted by Gasteiger charge is -2.25. The summed E-state index contributed by atoms with van der Waals surface area (Å²) in [5.41, 5.74) is -0.129. The Morgan fingerprint density at radius 3 is 2.56 bits per heavy atom. The molecule has 27 heavy (non-hydrogen) atoms. The zero-order valence-corrected chi connectivity index (χ0v) is 15.6. The first kappa shape index (κ1) is 19.5. The van der Waals surface area contributed by atoms with E-state index in [1.807, 2.05) is 0 Å². The van der Waals surface area contributed by atoms with E-state index in [2.05, 4.69) is 10.0 Å². The molecule has 0 saturated carbocycles. The summed E-state index contributed by atoms with van der Waals surface area (Å²) in [6.07, 6.45) is 0.736. The molecule has 6 nitrogen and oxygen atoms in total. The maximum Gasteiger partial charge on any atom is 0.302 e. The largest absolute Gasteiger partial charge is 0.352 e. The molecule has 10 heteroatoms. The van der Waals surface area contributed by atoms with Gasteiger partial charge in [0.05, 0.1) is 28.6 Å². The molecule has 0 amide bonds. The number of hydrogen-bond donors (Lipinski definition) is 2. The minimum absolute atomic E-state index is 0.176. The first-order valence-corrected chi connectivity index (χ1v) is 9.88. The average molecular weight is 416 g/mol. The lowest BCUT2D eigenvalue weighted by molar-refractivity contribution is -0.120. The van der Waals surface area contributed by atoms with Crippen molar-refractivity contribution < 1.29 is 22.0 Å². The molecule has 0 bridgehead atoms. The van der Waals surface area contributed by atoms with Crippen molar-refractivity contribution in [1.82, 2.24) is 4.31 Å². The molecule has 1 fully saturated rings. The summed E-state index contributed by atoms with van der Waals surface area (Å²) in [4.78, 5) is 11.5. The van der Waals surface area contributed by atoms with Crippen molar-refractivity contribution in [2.24, 2.45) is 0 Å². The summed E-state index contributed by atoms with van der Waals surface area (Å²) in [7, 11) is -4.08. The van der Waals surface area contributed by atoms with Gasteiger partial charge >= 0.3 is 10.2 Å². The molecule has 0 aliphatic carbocycles. The summed E-state index contributed by atoms with van der Waals surface area (Å²) >= 11 is 6.00. The number of ketones is 1. The molecule has 1 heterocycles. The third-order valence-corrected chi connectivity index (χ3v) is 5.79. The van der Waals surface area contributed by atoms with Crippen LogP contribution in [0.1, 0.15) is 12.8 Å². The third kappa shape index (κ3) is 4.55. The first-order chi connectivity index (χ1) is 12.8. The minimum atomic E-state index is -4.08. The summed E-state index contributed by atoms with van der Waals surface area (Å²) < 4.78 is 56.1. The van der Waals surface area contributed by atoms with Crippen LogP contribution in [-0.4, -0.2) is 31.6 Å². The van der Waals surface area contributed by atoms with E-state index in [0.717, 1.165) is 16.4 Å². The van der Waals surface area contributed by atoms with Crippen LogP contribution in [0.3, 0.4) is 0 Å². The molecule has 0 radical (unpaired) electrons. The van der Waals surface area contributed by atoms with E-state index in [1.165, 1.54) is 0 Å². The minimum Gasteiger partial charge on any atom is -0.352 e. The third-order valence-electron chi connectivity index (χ3n) is 3.97. The Hall–Kier alpha value is -2.23. The number of carbonyl (C=O) groups excluding carboxylic acids is 1. The van der Waals surface area contributed by atoms with Crippen molar-refractivity contribution in [3.05, 3.63) is 53.1 Å². The number of halogens is 3. The van der Waals surface area contributed by atoms with Gasteiger partial charge in [0.2, 0.25) is 0 Å². The van der Waals surface area contributed by atoms with E-state index < -0.39 is 21.8 Å². The number of anilines is 3. The van der Waals surface area contributed by atoms with Crippen molar-refractivity contribution in [2.45, 2.75) is 12.8 Å². The number of nitrogens with zero attached hydrogens (tertiary/aromatic N) is 1. The highest BCUT2D eigenvalue weighted by molar-refractivity contribution is 7.90. The number of para-hydroxylation sites is 1. The van der Waals surface area contributed by atoms with Crippen LogP contribution < -0.4 is 10.0 Å². The molecule has 1 aliphatic heterocycles. The topological polar surface area (TPSA) is 78.5 Å². The van der Waals surface area contributed by atoms with Crippen LogP contribution in [0.25, 0.3) is 0 Å². The molecular weight excluding hydrogens is 400 g/mol. The van der Waals surface area contributed by atoms with E-state index in [1.54, 1.807) is 24.3 Å². The Morgan fingerprint density at radius 1 is 1.11 bits per heavy atom. The molecule has 0 spiro atoms. The van der Waals surface area contributed by atoms with Crippen LogP contribution in [0.2, 0.25) is 5.02 Å². The predicted molar refractivity (Wildman–Crippen MR) is 99.4 cm³/mol. The molecule has 2 aromatic carbocycles. The number of benzene rings is 2. The Kier molecular flexibility index (Phi) is 5.64. The maximum atomic E-state index is 14.1. The van der Waals surface area contributed by atoms with Crippen LogP contribution in [0.15, 0.2) is 36.4 Å². The maximum absolute atomic E-state index is 14.1. The molecule has 0 unspecified atom stereocenters. The van der Waals surface area contributed by atoms with Gasteiger partial charge in [0.1, 0.15) is 5.78 Å². The molecule has 2 aromatic rings. The molecule has 3 rings (SSSR count). The van der Waals surface area contributed by atoms with E-state index in [0.29, 0.717) is 18.5 Å². The van der Waals surface area contributed by atoms with Gasteiger partial charge in [-0.1, -0.05) is 23.7 Å². The molecule has 0 aromatic heterocycles. The van der Waals surface area contributed by atoms with Gasteiger partial charge in [-0.25, -0.2) is 8.78 Å². The second kappa shape index (κ2) is 7.79. The lowest BCUT2D eigenvalue weighted by atomic mass is 10.1. The molecule has 1 aliphatic rings. The van der Waals surface area contributed by atoms with Crippen molar-refractivity contribution in [3.8, 4) is 0 Å². The van der Waals surface area contributed by atoms with Gasteiger partial charge in [0, 0.05) is 19.0 Å². The van der Waals surface area contributed by atoms with Crippen molar-refractivity contribution in [3.63, 3.8) is 0 Å². The molecule has 144 valence electrons. The molecular formula is C17H16ClF2N3O3S. The standard InChI is InChI=1S/C17H16ClF2N3O3S/c18-13-5-1-2-6-15(13)21-16-9-11(8-14(19)17(16)20)22-27(25,26)23-7-3-4-12(24)10-23/h1-2,5-6,8-9,21-22H,3-4,7,10H2. The Morgan fingerprint density at radius 2 is 1.85 bits per heavy atom. The molecule has 0 atom stereocenters. The zero-order chi connectivity index (χ0) is 19.6. The Balaban J connectivity index is 1.87. The van der Waals surface area contributed by atoms with Gasteiger partial charge in [-0.3, -0.25) is 9.52 Å². The number of carbonyl (C=O) groups is 1. The van der Waals surface area contributed by atoms with E-state index in [4.69, 9.17) is 11.6 Å². The fraction of sp³-hybridized carbons (Fsp3) is 0.235. The van der Waals surface area contributed by atoms with E-state index in [9.17, 15) is 22.0 Å². The zero-order valence-electron chi connectivity index (χ0n) is 14.0. The van der Waals surface area contributed by atoms with Crippen LogP contribution >= 0.6 is 11.6 Å². The highest BCUT2D eigenvalue weighted by Crippen LogP contribution is 2.30. The number of piperidine rings is 1. The quantitative estimate of drug-likeness (QED) is 0.780. The second-order valence-corrected chi connectivity index (χ2v) is 8.09. The van der Waals surface area contributed by atoms with Crippen molar-refractivity contribution in [1.29, 1.82) is 0 Å². The van der Waals surface area contributed by atoms with Crippen LogP contribution in [-0.2, 0) is 15.0 Å². The Labute approximate surface area is 160 Å². The normalized spacial score (nSPS) is 15.6. The van der Waals surface area contributed by atoms with Gasteiger partial charge < -0.3 is 5.32 Å². The first-order valence-electron chi connectivity index (χ1n) is 8.06. The number of Topliss-reactive ketones (excluding diaryl/α,β-unsaturated/α-hetero) is 1. The van der Waals surface area contributed by atoms with Crippen molar-refractivity contribution in [2.75, 3.05) is 23.1 Å². The fourth-order valence-electron chi connectivity index (χ4n) is 2.67. The number of hydrogen-bond acceptors (Lipinski definition) is 4. The second-order valence-electron chi connectivity index (χ2n) is 6.01. The van der Waals surface area contributed by atoms with E-state index in [-0.39, 0.29) is 35.3 Å².